The molecule has 0 amide bonds. The second-order valence-corrected chi connectivity index (χ2v) is 4.49. The van der Waals surface area contributed by atoms with Crippen molar-refractivity contribution in [2.24, 2.45) is 5.92 Å². The molecule has 0 aliphatic carbocycles. The minimum atomic E-state index is -0.365. The van der Waals surface area contributed by atoms with Crippen LogP contribution in [0.1, 0.15) is 13.8 Å². The molecule has 0 heterocycles. The molecule has 0 atom stereocenters. The van der Waals surface area contributed by atoms with Crippen molar-refractivity contribution in [2.45, 2.75) is 13.8 Å². The summed E-state index contributed by atoms with van der Waals surface area (Å²) >= 11 is 17.3. The molecule has 0 N–H and O–H groups in total. The van der Waals surface area contributed by atoms with Crippen molar-refractivity contribution in [3.8, 4) is 5.75 Å². The second kappa shape index (κ2) is 5.06. The number of rotatable bonds is 2. The van der Waals surface area contributed by atoms with E-state index in [-0.39, 0.29) is 22.7 Å². The number of carbonyl (C=O) groups excluding carboxylic acids is 1. The van der Waals surface area contributed by atoms with E-state index >= 15 is 0 Å². The maximum absolute atomic E-state index is 11.3. The first kappa shape index (κ1) is 12.6. The highest BCUT2D eigenvalue weighted by Crippen LogP contribution is 2.34. The van der Waals surface area contributed by atoms with Crippen LogP contribution in [0.15, 0.2) is 12.1 Å². The maximum Gasteiger partial charge on any atom is 0.313 e. The Hall–Kier alpha value is -0.440. The summed E-state index contributed by atoms with van der Waals surface area (Å²) in [7, 11) is 0. The lowest BCUT2D eigenvalue weighted by Gasteiger charge is -2.09. The van der Waals surface area contributed by atoms with Crippen LogP contribution in [-0.4, -0.2) is 5.97 Å². The molecule has 1 aromatic rings. The lowest BCUT2D eigenvalue weighted by atomic mass is 10.2. The van der Waals surface area contributed by atoms with Gasteiger partial charge in [0.1, 0.15) is 0 Å². The van der Waals surface area contributed by atoms with E-state index in [1.807, 2.05) is 0 Å². The Labute approximate surface area is 103 Å². The predicted molar refractivity (Wildman–Crippen MR) is 61.9 cm³/mol. The molecule has 15 heavy (non-hydrogen) atoms. The van der Waals surface area contributed by atoms with Crippen molar-refractivity contribution in [1.29, 1.82) is 0 Å². The van der Waals surface area contributed by atoms with Gasteiger partial charge in [-0.1, -0.05) is 48.7 Å². The number of carbonyl (C=O) groups is 1. The van der Waals surface area contributed by atoms with Crippen molar-refractivity contribution in [3.05, 3.63) is 27.2 Å². The average Bonchev–Trinajstić information content (AvgIpc) is 2.13. The van der Waals surface area contributed by atoms with Crippen LogP contribution >= 0.6 is 34.8 Å². The monoisotopic (exact) mass is 266 g/mol. The molecule has 1 aromatic carbocycles. The topological polar surface area (TPSA) is 26.3 Å². The molecule has 1 rings (SSSR count). The van der Waals surface area contributed by atoms with Gasteiger partial charge < -0.3 is 4.74 Å². The minimum absolute atomic E-state index is 0.226. The molecule has 0 saturated carbocycles. The van der Waals surface area contributed by atoms with Gasteiger partial charge >= 0.3 is 5.97 Å². The summed E-state index contributed by atoms with van der Waals surface area (Å²) in [6.07, 6.45) is 0. The summed E-state index contributed by atoms with van der Waals surface area (Å²) in [5.41, 5.74) is 0. The van der Waals surface area contributed by atoms with E-state index < -0.39 is 0 Å². The fourth-order valence-electron chi connectivity index (χ4n) is 0.809. The van der Waals surface area contributed by atoms with E-state index in [4.69, 9.17) is 39.5 Å². The summed E-state index contributed by atoms with van der Waals surface area (Å²) in [6.45, 7) is 3.46. The maximum atomic E-state index is 11.3. The van der Waals surface area contributed by atoms with Gasteiger partial charge in [0.05, 0.1) is 21.0 Å². The highest BCUT2D eigenvalue weighted by Gasteiger charge is 2.13. The zero-order chi connectivity index (χ0) is 11.6. The second-order valence-electron chi connectivity index (χ2n) is 3.27. The van der Waals surface area contributed by atoms with E-state index in [1.54, 1.807) is 13.8 Å². The Morgan fingerprint density at radius 2 is 1.67 bits per heavy atom. The molecule has 5 heteroatoms. The van der Waals surface area contributed by atoms with Gasteiger partial charge in [0.15, 0.2) is 5.75 Å². The van der Waals surface area contributed by atoms with E-state index in [0.29, 0.717) is 10.0 Å². The fraction of sp³-hybridized carbons (Fsp3) is 0.300. The summed E-state index contributed by atoms with van der Waals surface area (Å²) in [6, 6.07) is 2.86. The van der Waals surface area contributed by atoms with E-state index in [9.17, 15) is 4.79 Å². The van der Waals surface area contributed by atoms with Crippen molar-refractivity contribution in [2.75, 3.05) is 0 Å². The van der Waals surface area contributed by atoms with E-state index in [2.05, 4.69) is 0 Å². The van der Waals surface area contributed by atoms with Crippen molar-refractivity contribution < 1.29 is 9.53 Å². The first-order valence-corrected chi connectivity index (χ1v) is 5.41. The minimum Gasteiger partial charge on any atom is -0.425 e. The van der Waals surface area contributed by atoms with E-state index in [0.717, 1.165) is 0 Å². The molecule has 0 radical (unpaired) electrons. The number of benzene rings is 1. The zero-order valence-electron chi connectivity index (χ0n) is 8.18. The molecular formula is C10H9Cl3O2. The summed E-state index contributed by atoms with van der Waals surface area (Å²) in [4.78, 5) is 11.3. The Balaban J connectivity index is 2.96. The van der Waals surface area contributed by atoms with E-state index in [1.165, 1.54) is 12.1 Å². The molecule has 2 nitrogen and oxygen atoms in total. The molecule has 0 aromatic heterocycles. The summed E-state index contributed by atoms with van der Waals surface area (Å²) in [5, 5.41) is 0.886. The molecule has 0 spiro atoms. The molecule has 82 valence electrons. The Morgan fingerprint density at radius 3 is 2.20 bits per heavy atom. The Morgan fingerprint density at radius 1 is 1.13 bits per heavy atom. The molecule has 0 saturated heterocycles. The molecule has 0 unspecified atom stereocenters. The van der Waals surface area contributed by atoms with Crippen LogP contribution in [0.5, 0.6) is 5.75 Å². The lowest BCUT2D eigenvalue weighted by molar-refractivity contribution is -0.137. The third kappa shape index (κ3) is 3.26. The molecular weight excluding hydrogens is 258 g/mol. The quantitative estimate of drug-likeness (QED) is 0.456. The predicted octanol–water partition coefficient (Wildman–Crippen LogP) is 4.21. The average molecular weight is 268 g/mol. The SMILES string of the molecule is CC(C)C(=O)Oc1cc(Cl)c(Cl)cc1Cl. The van der Waals surface area contributed by atoms with Gasteiger partial charge in [-0.3, -0.25) is 4.79 Å². The van der Waals surface area contributed by atoms with Crippen molar-refractivity contribution in [3.63, 3.8) is 0 Å². The van der Waals surface area contributed by atoms with Crippen LogP contribution in [0, 0.1) is 5.92 Å². The van der Waals surface area contributed by atoms with Crippen LogP contribution in [0.3, 0.4) is 0 Å². The van der Waals surface area contributed by atoms with Gasteiger partial charge in [-0.2, -0.15) is 0 Å². The summed E-state index contributed by atoms with van der Waals surface area (Å²) in [5.74, 6) is -0.365. The van der Waals surface area contributed by atoms with Crippen LogP contribution in [0.2, 0.25) is 15.1 Å². The number of hydrogen-bond donors (Lipinski definition) is 0. The van der Waals surface area contributed by atoms with Gasteiger partial charge in [-0.25, -0.2) is 0 Å². The number of esters is 1. The van der Waals surface area contributed by atoms with Gasteiger partial charge in [0.2, 0.25) is 0 Å². The highest BCUT2D eigenvalue weighted by molar-refractivity contribution is 6.43. The molecule has 0 fully saturated rings. The number of hydrogen-bond acceptors (Lipinski definition) is 2. The Kier molecular flexibility index (Phi) is 4.26. The highest BCUT2D eigenvalue weighted by atomic mass is 35.5. The molecule has 0 bridgehead atoms. The van der Waals surface area contributed by atoms with Crippen molar-refractivity contribution >= 4 is 40.8 Å². The van der Waals surface area contributed by atoms with Crippen LogP contribution in [-0.2, 0) is 4.79 Å². The largest absolute Gasteiger partial charge is 0.425 e. The number of ether oxygens (including phenoxy) is 1. The lowest BCUT2D eigenvalue weighted by Crippen LogP contribution is -2.14. The van der Waals surface area contributed by atoms with Crippen molar-refractivity contribution in [1.82, 2.24) is 0 Å². The first-order valence-electron chi connectivity index (χ1n) is 4.28. The van der Waals surface area contributed by atoms with Crippen LogP contribution in [0.4, 0.5) is 0 Å². The molecule has 0 aliphatic rings. The zero-order valence-corrected chi connectivity index (χ0v) is 10.5. The third-order valence-corrected chi connectivity index (χ3v) is 2.67. The Bertz CT molecular complexity index is 388. The van der Waals surface area contributed by atoms with Crippen LogP contribution in [0.25, 0.3) is 0 Å². The van der Waals surface area contributed by atoms with Gasteiger partial charge in [-0.05, 0) is 6.07 Å². The smallest absolute Gasteiger partial charge is 0.313 e. The normalized spacial score (nSPS) is 10.5. The standard InChI is InChI=1S/C10H9Cl3O2/c1-5(2)10(14)15-9-4-7(12)6(11)3-8(9)13/h3-5H,1-2H3. The van der Waals surface area contributed by atoms with Gasteiger partial charge in [-0.15, -0.1) is 0 Å². The van der Waals surface area contributed by atoms with Gasteiger partial charge in [0.25, 0.3) is 0 Å². The summed E-state index contributed by atoms with van der Waals surface area (Å²) < 4.78 is 5.03. The number of halogens is 3. The fourth-order valence-corrected chi connectivity index (χ4v) is 1.38. The first-order chi connectivity index (χ1) is 6.91. The van der Waals surface area contributed by atoms with Crippen LogP contribution < -0.4 is 4.74 Å². The third-order valence-electron chi connectivity index (χ3n) is 1.66. The molecule has 0 aliphatic heterocycles. The van der Waals surface area contributed by atoms with Gasteiger partial charge in [0, 0.05) is 6.07 Å².